The summed E-state index contributed by atoms with van der Waals surface area (Å²) in [6, 6.07) is 0. The Balaban J connectivity index is 3.45. The molecule has 13 heavy (non-hydrogen) atoms. The summed E-state index contributed by atoms with van der Waals surface area (Å²) in [6.07, 6.45) is 1.21. The molecular formula is C7H14Cl2O3Si. The van der Waals surface area contributed by atoms with Gasteiger partial charge in [0, 0.05) is 6.92 Å². The molecule has 0 aromatic rings. The van der Waals surface area contributed by atoms with Crippen LogP contribution >= 0.6 is 23.2 Å². The van der Waals surface area contributed by atoms with Crippen molar-refractivity contribution < 1.29 is 14.0 Å². The third kappa shape index (κ3) is 8.55. The maximum atomic E-state index is 10.4. The molecule has 0 aromatic carbocycles. The second-order valence-corrected chi connectivity index (χ2v) is 4.95. The van der Waals surface area contributed by atoms with Crippen LogP contribution in [0.2, 0.25) is 0 Å². The minimum absolute atomic E-state index is 0.283. The predicted molar refractivity (Wildman–Crippen MR) is 56.2 cm³/mol. The average molecular weight is 245 g/mol. The van der Waals surface area contributed by atoms with Crippen LogP contribution in [-0.4, -0.2) is 34.0 Å². The number of carbonyl (C=O) groups is 1. The first-order valence-corrected chi connectivity index (χ1v) is 5.55. The van der Waals surface area contributed by atoms with Crippen molar-refractivity contribution in [3.63, 3.8) is 0 Å². The fourth-order valence-electron chi connectivity index (χ4n) is 0.830. The van der Waals surface area contributed by atoms with Crippen LogP contribution < -0.4 is 0 Å². The second-order valence-electron chi connectivity index (χ2n) is 2.73. The summed E-state index contributed by atoms with van der Waals surface area (Å²) in [7, 11) is 0.622. The summed E-state index contributed by atoms with van der Waals surface area (Å²) in [4.78, 5) is 10.4. The van der Waals surface area contributed by atoms with Gasteiger partial charge in [-0.05, 0) is 12.8 Å². The number of esters is 1. The van der Waals surface area contributed by atoms with E-state index in [9.17, 15) is 4.79 Å². The van der Waals surface area contributed by atoms with E-state index in [-0.39, 0.29) is 5.97 Å². The van der Waals surface area contributed by atoms with E-state index in [0.29, 0.717) is 36.5 Å². The Morgan fingerprint density at radius 2 is 2.15 bits per heavy atom. The predicted octanol–water partition coefficient (Wildman–Crippen LogP) is 0.801. The van der Waals surface area contributed by atoms with Crippen molar-refractivity contribution in [2.45, 2.75) is 24.1 Å². The molecule has 0 amide bonds. The lowest BCUT2D eigenvalue weighted by molar-refractivity contribution is -0.141. The summed E-state index contributed by atoms with van der Waals surface area (Å²) in [5, 5.41) is 0. The Bertz CT molecular complexity index is 164. The number of alkyl halides is 2. The Morgan fingerprint density at radius 3 is 2.62 bits per heavy atom. The number of rotatable bonds is 6. The lowest BCUT2D eigenvalue weighted by Gasteiger charge is -2.18. The number of hydrogen-bond donors (Lipinski definition) is 0. The van der Waals surface area contributed by atoms with Gasteiger partial charge in [0.05, 0.1) is 13.2 Å². The van der Waals surface area contributed by atoms with Crippen molar-refractivity contribution in [1.29, 1.82) is 0 Å². The van der Waals surface area contributed by atoms with Crippen molar-refractivity contribution in [3.8, 4) is 0 Å². The van der Waals surface area contributed by atoms with Crippen LogP contribution in [0.15, 0.2) is 0 Å². The molecule has 0 aliphatic rings. The molecule has 6 heteroatoms. The van der Waals surface area contributed by atoms with E-state index in [0.717, 1.165) is 0 Å². The van der Waals surface area contributed by atoms with Gasteiger partial charge in [-0.2, -0.15) is 0 Å². The molecule has 0 N–H and O–H groups in total. The van der Waals surface area contributed by atoms with Crippen molar-refractivity contribution in [3.05, 3.63) is 0 Å². The number of carbonyl (C=O) groups excluding carboxylic acids is 1. The van der Waals surface area contributed by atoms with E-state index in [2.05, 4.69) is 0 Å². The SMILES string of the molecule is CC(=O)OCCCC(Cl)(Cl)CO[SiH3]. The molecular weight excluding hydrogens is 231 g/mol. The highest BCUT2D eigenvalue weighted by molar-refractivity contribution is 6.48. The Hall–Kier alpha value is 0.227. The van der Waals surface area contributed by atoms with Crippen LogP contribution in [0.5, 0.6) is 0 Å². The maximum absolute atomic E-state index is 10.4. The van der Waals surface area contributed by atoms with Crippen LogP contribution in [-0.2, 0) is 14.0 Å². The molecule has 0 fully saturated rings. The molecule has 0 saturated carbocycles. The highest BCUT2D eigenvalue weighted by atomic mass is 35.5. The van der Waals surface area contributed by atoms with E-state index >= 15 is 0 Å². The van der Waals surface area contributed by atoms with E-state index in [4.69, 9.17) is 32.4 Å². The number of hydrogen-bond acceptors (Lipinski definition) is 3. The van der Waals surface area contributed by atoms with Crippen molar-refractivity contribution >= 4 is 39.7 Å². The van der Waals surface area contributed by atoms with Gasteiger partial charge in [0.25, 0.3) is 0 Å². The lowest BCUT2D eigenvalue weighted by atomic mass is 10.2. The highest BCUT2D eigenvalue weighted by Crippen LogP contribution is 2.26. The Labute approximate surface area is 91.2 Å². The summed E-state index contributed by atoms with van der Waals surface area (Å²) in [6.45, 7) is 2.06. The largest absolute Gasteiger partial charge is 0.466 e. The maximum Gasteiger partial charge on any atom is 0.302 e. The second kappa shape index (κ2) is 6.65. The first-order chi connectivity index (χ1) is 5.98. The van der Waals surface area contributed by atoms with Crippen LogP contribution in [0.1, 0.15) is 19.8 Å². The van der Waals surface area contributed by atoms with E-state index in [1.807, 2.05) is 0 Å². The minimum Gasteiger partial charge on any atom is -0.466 e. The van der Waals surface area contributed by atoms with Crippen LogP contribution in [0, 0.1) is 0 Å². The first-order valence-electron chi connectivity index (χ1n) is 3.98. The van der Waals surface area contributed by atoms with Gasteiger partial charge in [0.1, 0.15) is 14.8 Å². The smallest absolute Gasteiger partial charge is 0.302 e. The van der Waals surface area contributed by atoms with E-state index in [1.54, 1.807) is 0 Å². The van der Waals surface area contributed by atoms with E-state index < -0.39 is 4.33 Å². The molecule has 0 unspecified atom stereocenters. The molecule has 0 radical (unpaired) electrons. The molecule has 0 spiro atoms. The number of ether oxygens (including phenoxy) is 1. The van der Waals surface area contributed by atoms with Gasteiger partial charge >= 0.3 is 5.97 Å². The van der Waals surface area contributed by atoms with Crippen molar-refractivity contribution in [2.24, 2.45) is 0 Å². The molecule has 3 nitrogen and oxygen atoms in total. The van der Waals surface area contributed by atoms with Crippen molar-refractivity contribution in [2.75, 3.05) is 13.2 Å². The monoisotopic (exact) mass is 244 g/mol. The van der Waals surface area contributed by atoms with Crippen LogP contribution in [0.4, 0.5) is 0 Å². The van der Waals surface area contributed by atoms with Crippen LogP contribution in [0.3, 0.4) is 0 Å². The van der Waals surface area contributed by atoms with Gasteiger partial charge in [-0.3, -0.25) is 4.79 Å². The van der Waals surface area contributed by atoms with Crippen molar-refractivity contribution in [1.82, 2.24) is 0 Å². The minimum atomic E-state index is -0.845. The third-order valence-electron chi connectivity index (χ3n) is 1.35. The Kier molecular flexibility index (Phi) is 6.76. The molecule has 0 heterocycles. The summed E-state index contributed by atoms with van der Waals surface area (Å²) < 4.78 is 8.83. The molecule has 0 aliphatic heterocycles. The molecule has 0 atom stereocenters. The van der Waals surface area contributed by atoms with Gasteiger partial charge < -0.3 is 9.16 Å². The molecule has 0 aliphatic carbocycles. The van der Waals surface area contributed by atoms with E-state index in [1.165, 1.54) is 6.92 Å². The fourth-order valence-corrected chi connectivity index (χ4v) is 2.17. The standard InChI is InChI=1S/C7H14Cl2O3Si/c1-6(10)11-4-2-3-7(8,9)5-12-13/h2-5H2,1,13H3. The molecule has 78 valence electrons. The van der Waals surface area contributed by atoms with Gasteiger partial charge in [-0.25, -0.2) is 0 Å². The quantitative estimate of drug-likeness (QED) is 0.300. The molecule has 0 saturated heterocycles. The van der Waals surface area contributed by atoms with Crippen LogP contribution in [0.25, 0.3) is 0 Å². The fraction of sp³-hybridized carbons (Fsp3) is 0.857. The highest BCUT2D eigenvalue weighted by Gasteiger charge is 2.22. The third-order valence-corrected chi connectivity index (χ3v) is 2.23. The summed E-state index contributed by atoms with van der Waals surface area (Å²) >= 11 is 11.7. The van der Waals surface area contributed by atoms with Gasteiger partial charge in [-0.1, -0.05) is 23.2 Å². The lowest BCUT2D eigenvalue weighted by Crippen LogP contribution is -2.21. The van der Waals surface area contributed by atoms with Gasteiger partial charge in [0.2, 0.25) is 0 Å². The molecule has 0 rings (SSSR count). The molecule has 0 aromatic heterocycles. The normalized spacial score (nSPS) is 11.6. The zero-order chi connectivity index (χ0) is 10.3. The topological polar surface area (TPSA) is 35.5 Å². The molecule has 0 bridgehead atoms. The zero-order valence-electron chi connectivity index (χ0n) is 7.81. The average Bonchev–Trinajstić information content (AvgIpc) is 1.98. The summed E-state index contributed by atoms with van der Waals surface area (Å²) in [5.74, 6) is -0.283. The van der Waals surface area contributed by atoms with Gasteiger partial charge in [-0.15, -0.1) is 0 Å². The first kappa shape index (κ1) is 13.2. The van der Waals surface area contributed by atoms with Gasteiger partial charge in [0.15, 0.2) is 0 Å². The zero-order valence-corrected chi connectivity index (χ0v) is 11.3. The Morgan fingerprint density at radius 1 is 1.54 bits per heavy atom. The number of halogens is 2. The summed E-state index contributed by atoms with van der Waals surface area (Å²) in [5.41, 5.74) is 0.